The maximum Gasteiger partial charge on any atom is 0.262 e. The molecule has 1 amide bonds. The summed E-state index contributed by atoms with van der Waals surface area (Å²) in [5, 5.41) is 7.10. The Bertz CT molecular complexity index is 872. The molecule has 0 spiro atoms. The van der Waals surface area contributed by atoms with Gasteiger partial charge in [-0.2, -0.15) is 0 Å². The molecule has 8 heteroatoms. The fraction of sp³-hybridized carbons (Fsp3) is 0.412. The van der Waals surface area contributed by atoms with Crippen LogP contribution in [0, 0.1) is 0 Å². The Morgan fingerprint density at radius 1 is 1.28 bits per heavy atom. The molecular weight excluding hydrogens is 338 g/mol. The van der Waals surface area contributed by atoms with Crippen LogP contribution in [0.3, 0.4) is 0 Å². The number of Topliss-reactive ketones (excluding diaryl/α,β-unsaturated/α-hetero) is 1. The molecule has 2 aromatic rings. The van der Waals surface area contributed by atoms with Crippen LogP contribution in [0.4, 0.5) is 5.69 Å². The molecule has 1 aromatic heterocycles. The normalized spacial score (nSPS) is 26.0. The zero-order chi connectivity index (χ0) is 17.7. The molecule has 3 unspecified atom stereocenters. The zero-order valence-electron chi connectivity index (χ0n) is 13.7. The van der Waals surface area contributed by atoms with Gasteiger partial charge >= 0.3 is 0 Å². The van der Waals surface area contributed by atoms with Gasteiger partial charge in [0.2, 0.25) is 0 Å². The van der Waals surface area contributed by atoms with Crippen molar-refractivity contribution in [2.75, 3.05) is 18.8 Å². The lowest BCUT2D eigenvalue weighted by Crippen LogP contribution is -2.46. The molecule has 0 saturated carbocycles. The van der Waals surface area contributed by atoms with Crippen molar-refractivity contribution in [3.8, 4) is 0 Å². The van der Waals surface area contributed by atoms with Crippen molar-refractivity contribution in [3.05, 3.63) is 28.1 Å². The summed E-state index contributed by atoms with van der Waals surface area (Å²) in [5.74, 6) is -0.473. The van der Waals surface area contributed by atoms with Gasteiger partial charge in [-0.3, -0.25) is 9.59 Å². The second kappa shape index (κ2) is 6.06. The Labute approximate surface area is 148 Å². The van der Waals surface area contributed by atoms with Crippen molar-refractivity contribution in [1.29, 1.82) is 0 Å². The molecule has 8 N–H and O–H groups in total. The summed E-state index contributed by atoms with van der Waals surface area (Å²) >= 11 is 1.29. The van der Waals surface area contributed by atoms with Crippen LogP contribution in [0.25, 0.3) is 10.1 Å². The monoisotopic (exact) mass is 359 g/mol. The molecule has 1 fully saturated rings. The summed E-state index contributed by atoms with van der Waals surface area (Å²) in [6.07, 6.45) is 1.95. The lowest BCUT2D eigenvalue weighted by Gasteiger charge is -2.26. The number of piperidine rings is 1. The van der Waals surface area contributed by atoms with Gasteiger partial charge in [0.05, 0.1) is 21.7 Å². The van der Waals surface area contributed by atoms with Gasteiger partial charge in [0.1, 0.15) is 0 Å². The second-order valence-corrected chi connectivity index (χ2v) is 7.69. The van der Waals surface area contributed by atoms with E-state index in [9.17, 15) is 9.59 Å². The fourth-order valence-electron chi connectivity index (χ4n) is 3.71. The van der Waals surface area contributed by atoms with Gasteiger partial charge in [0.25, 0.3) is 5.91 Å². The van der Waals surface area contributed by atoms with Gasteiger partial charge in [-0.15, -0.1) is 11.3 Å². The summed E-state index contributed by atoms with van der Waals surface area (Å²) < 4.78 is 0.776. The average molecular weight is 359 g/mol. The molecular formula is C17H21N5O2S. The van der Waals surface area contributed by atoms with E-state index in [4.69, 9.17) is 17.2 Å². The highest BCUT2D eigenvalue weighted by Crippen LogP contribution is 2.45. The minimum absolute atomic E-state index is 0.0771. The van der Waals surface area contributed by atoms with E-state index in [0.29, 0.717) is 21.7 Å². The van der Waals surface area contributed by atoms with E-state index in [0.717, 1.165) is 36.0 Å². The van der Waals surface area contributed by atoms with Crippen LogP contribution in [0.2, 0.25) is 0 Å². The number of hydrogen-bond acceptors (Lipinski definition) is 7. The Balaban J connectivity index is 1.81. The number of hydrogen-bond donors (Lipinski definition) is 5. The highest BCUT2D eigenvalue weighted by Gasteiger charge is 2.37. The third kappa shape index (κ3) is 2.53. The summed E-state index contributed by atoms with van der Waals surface area (Å²) in [5.41, 5.74) is 20.1. The first-order valence-corrected chi connectivity index (χ1v) is 9.22. The number of carbonyl (C=O) groups is 2. The lowest BCUT2D eigenvalue weighted by molar-refractivity contribution is -0.121. The first-order chi connectivity index (χ1) is 12.0. The number of carbonyl (C=O) groups excluding carboxylic acids is 2. The molecule has 25 heavy (non-hydrogen) atoms. The van der Waals surface area contributed by atoms with Crippen molar-refractivity contribution in [1.82, 2.24) is 10.6 Å². The quantitative estimate of drug-likeness (QED) is 0.497. The number of nitrogens with two attached hydrogens (primary N) is 3. The van der Waals surface area contributed by atoms with Crippen molar-refractivity contribution >= 4 is 38.8 Å². The third-order valence-corrected chi connectivity index (χ3v) is 6.29. The van der Waals surface area contributed by atoms with E-state index in [1.165, 1.54) is 11.3 Å². The Hall–Kier alpha value is -2.00. The lowest BCUT2D eigenvalue weighted by atomic mass is 9.83. The minimum atomic E-state index is -0.900. The van der Waals surface area contributed by atoms with E-state index in [2.05, 4.69) is 10.6 Å². The Morgan fingerprint density at radius 3 is 2.80 bits per heavy atom. The van der Waals surface area contributed by atoms with E-state index in [1.807, 2.05) is 0 Å². The molecule has 4 rings (SSSR count). The maximum absolute atomic E-state index is 12.9. The molecule has 1 saturated heterocycles. The van der Waals surface area contributed by atoms with Crippen molar-refractivity contribution in [3.63, 3.8) is 0 Å². The van der Waals surface area contributed by atoms with E-state index in [-0.39, 0.29) is 17.7 Å². The standard InChI is InChI=1S/C17H21N5O2S/c18-9-4-3-8-10-11(13(20)14(23)12(8)19)16(25-15(9)10)17(24)22-7-2-1-5-21-6-7/h3-4,7,12-13,21H,1-2,5-6,18-20H2,(H,22,24). The number of nitrogens with one attached hydrogen (secondary N) is 2. The summed E-state index contributed by atoms with van der Waals surface area (Å²) in [4.78, 5) is 25.8. The summed E-state index contributed by atoms with van der Waals surface area (Å²) in [7, 11) is 0. The number of nitrogen functional groups attached to an aromatic ring is 1. The Morgan fingerprint density at radius 2 is 2.08 bits per heavy atom. The van der Waals surface area contributed by atoms with Gasteiger partial charge in [-0.1, -0.05) is 6.07 Å². The van der Waals surface area contributed by atoms with Crippen LogP contribution in [0.1, 0.15) is 45.7 Å². The molecule has 1 aromatic carbocycles. The van der Waals surface area contributed by atoms with Crippen LogP contribution in [0.15, 0.2) is 12.1 Å². The van der Waals surface area contributed by atoms with Crippen molar-refractivity contribution in [2.24, 2.45) is 11.5 Å². The molecule has 2 heterocycles. The number of rotatable bonds is 2. The number of amides is 1. The van der Waals surface area contributed by atoms with Crippen LogP contribution < -0.4 is 27.8 Å². The highest BCUT2D eigenvalue weighted by atomic mass is 32.1. The van der Waals surface area contributed by atoms with Gasteiger partial charge in [-0.25, -0.2) is 0 Å². The first-order valence-electron chi connectivity index (χ1n) is 8.40. The summed E-state index contributed by atoms with van der Waals surface area (Å²) in [6, 6.07) is 1.89. The average Bonchev–Trinajstić information content (AvgIpc) is 3.02. The summed E-state index contributed by atoms with van der Waals surface area (Å²) in [6.45, 7) is 1.72. The molecule has 132 valence electrons. The van der Waals surface area contributed by atoms with E-state index in [1.54, 1.807) is 12.1 Å². The van der Waals surface area contributed by atoms with Crippen LogP contribution in [0.5, 0.6) is 0 Å². The number of thiophene rings is 1. The zero-order valence-corrected chi connectivity index (χ0v) is 14.5. The fourth-order valence-corrected chi connectivity index (χ4v) is 4.92. The predicted octanol–water partition coefficient (Wildman–Crippen LogP) is 0.548. The molecule has 1 aliphatic carbocycles. The Kier molecular flexibility index (Phi) is 3.99. The third-order valence-electron chi connectivity index (χ3n) is 5.04. The van der Waals surface area contributed by atoms with Crippen molar-refractivity contribution in [2.45, 2.75) is 31.0 Å². The molecule has 3 atom stereocenters. The molecule has 0 bridgehead atoms. The topological polar surface area (TPSA) is 136 Å². The smallest absolute Gasteiger partial charge is 0.262 e. The van der Waals surface area contributed by atoms with Crippen LogP contribution in [-0.2, 0) is 4.79 Å². The SMILES string of the molecule is Nc1ccc2c3c(c(C(=O)NC4CCCNC4)sc13)C(N)C(=O)C2N. The molecule has 7 nitrogen and oxygen atoms in total. The van der Waals surface area contributed by atoms with Gasteiger partial charge < -0.3 is 27.8 Å². The predicted molar refractivity (Wildman–Crippen MR) is 98.5 cm³/mol. The molecule has 1 aliphatic heterocycles. The van der Waals surface area contributed by atoms with E-state index >= 15 is 0 Å². The molecule has 2 aliphatic rings. The largest absolute Gasteiger partial charge is 0.398 e. The number of benzene rings is 1. The maximum atomic E-state index is 12.9. The van der Waals surface area contributed by atoms with Crippen molar-refractivity contribution < 1.29 is 9.59 Å². The number of anilines is 1. The van der Waals surface area contributed by atoms with Crippen LogP contribution in [-0.4, -0.2) is 30.8 Å². The van der Waals surface area contributed by atoms with Gasteiger partial charge in [-0.05, 0) is 31.0 Å². The first kappa shape index (κ1) is 16.5. The van der Waals surface area contributed by atoms with Crippen LogP contribution >= 0.6 is 11.3 Å². The minimum Gasteiger partial charge on any atom is -0.398 e. The molecule has 0 radical (unpaired) electrons. The number of ketones is 1. The second-order valence-electron chi connectivity index (χ2n) is 6.67. The van der Waals surface area contributed by atoms with Gasteiger partial charge in [0.15, 0.2) is 5.78 Å². The highest BCUT2D eigenvalue weighted by molar-refractivity contribution is 7.21. The van der Waals surface area contributed by atoms with E-state index < -0.39 is 12.1 Å². The van der Waals surface area contributed by atoms with Gasteiger partial charge in [0, 0.05) is 29.2 Å².